The average Bonchev–Trinajstić information content (AvgIpc) is 2.70. The Hall–Kier alpha value is -1.97. The fourth-order valence-electron chi connectivity index (χ4n) is 3.49. The van der Waals surface area contributed by atoms with Crippen molar-refractivity contribution in [2.24, 2.45) is 17.8 Å². The van der Waals surface area contributed by atoms with E-state index in [1.165, 1.54) is 11.8 Å². The summed E-state index contributed by atoms with van der Waals surface area (Å²) in [6.07, 6.45) is 2.62. The van der Waals surface area contributed by atoms with Crippen molar-refractivity contribution in [2.45, 2.75) is 33.1 Å². The van der Waals surface area contributed by atoms with Crippen LogP contribution < -0.4 is 4.90 Å². The summed E-state index contributed by atoms with van der Waals surface area (Å²) in [4.78, 5) is 37.7. The topological polar surface area (TPSA) is 54.5 Å². The van der Waals surface area contributed by atoms with Crippen LogP contribution in [0.3, 0.4) is 0 Å². The Labute approximate surface area is 124 Å². The van der Waals surface area contributed by atoms with E-state index in [2.05, 4.69) is 6.92 Å². The van der Waals surface area contributed by atoms with Crippen LogP contribution in [0.4, 0.5) is 5.69 Å². The first-order chi connectivity index (χ1) is 9.99. The predicted molar refractivity (Wildman–Crippen MR) is 78.9 cm³/mol. The molecule has 0 radical (unpaired) electrons. The zero-order chi connectivity index (χ0) is 15.1. The number of fused-ring (bicyclic) bond motifs is 1. The van der Waals surface area contributed by atoms with Gasteiger partial charge in [0.15, 0.2) is 5.78 Å². The summed E-state index contributed by atoms with van der Waals surface area (Å²) in [6, 6.07) is 6.71. The van der Waals surface area contributed by atoms with Crippen molar-refractivity contribution >= 4 is 23.3 Å². The highest BCUT2D eigenvalue weighted by Crippen LogP contribution is 2.42. The minimum absolute atomic E-state index is 0.0249. The summed E-state index contributed by atoms with van der Waals surface area (Å²) in [5.74, 6) is 0.0145. The van der Waals surface area contributed by atoms with Gasteiger partial charge < -0.3 is 0 Å². The zero-order valence-electron chi connectivity index (χ0n) is 12.3. The van der Waals surface area contributed by atoms with E-state index in [9.17, 15) is 14.4 Å². The molecule has 0 N–H and O–H groups in total. The van der Waals surface area contributed by atoms with Crippen LogP contribution >= 0.6 is 0 Å². The average molecular weight is 285 g/mol. The molecule has 0 unspecified atom stereocenters. The Morgan fingerprint density at radius 3 is 2.29 bits per heavy atom. The lowest BCUT2D eigenvalue weighted by atomic mass is 9.76. The molecule has 21 heavy (non-hydrogen) atoms. The summed E-state index contributed by atoms with van der Waals surface area (Å²) >= 11 is 0. The van der Waals surface area contributed by atoms with Gasteiger partial charge in [0, 0.05) is 5.56 Å². The number of imide groups is 1. The number of rotatable bonds is 2. The molecular formula is C17H19NO3. The van der Waals surface area contributed by atoms with Crippen molar-refractivity contribution in [3.05, 3.63) is 29.8 Å². The third kappa shape index (κ3) is 2.28. The Bertz CT molecular complexity index is 605. The molecule has 2 fully saturated rings. The fourth-order valence-corrected chi connectivity index (χ4v) is 3.49. The van der Waals surface area contributed by atoms with E-state index in [1.54, 1.807) is 24.3 Å². The molecule has 1 saturated heterocycles. The molecule has 3 rings (SSSR count). The normalized spacial score (nSPS) is 28.7. The number of nitrogens with zero attached hydrogens (tertiary/aromatic N) is 1. The number of Topliss-reactive ketones (excluding diaryl/α,β-unsaturated/α-hetero) is 1. The first-order valence-corrected chi connectivity index (χ1v) is 7.48. The third-order valence-electron chi connectivity index (χ3n) is 4.72. The lowest BCUT2D eigenvalue weighted by Gasteiger charge is -2.25. The molecule has 4 nitrogen and oxygen atoms in total. The molecule has 0 spiro atoms. The van der Waals surface area contributed by atoms with E-state index in [0.717, 1.165) is 19.3 Å². The van der Waals surface area contributed by atoms with E-state index >= 15 is 0 Å². The summed E-state index contributed by atoms with van der Waals surface area (Å²) in [5.41, 5.74) is 1.17. The minimum Gasteiger partial charge on any atom is -0.295 e. The number of hydrogen-bond donors (Lipinski definition) is 0. The number of anilines is 1. The van der Waals surface area contributed by atoms with Crippen LogP contribution in [0.2, 0.25) is 0 Å². The van der Waals surface area contributed by atoms with Crippen LogP contribution in [0.5, 0.6) is 0 Å². The second-order valence-electron chi connectivity index (χ2n) is 6.25. The Morgan fingerprint density at radius 2 is 1.67 bits per heavy atom. The molecule has 2 aliphatic rings. The molecule has 110 valence electrons. The maximum Gasteiger partial charge on any atom is 0.237 e. The molecule has 1 heterocycles. The molecule has 0 bridgehead atoms. The van der Waals surface area contributed by atoms with Crippen molar-refractivity contribution < 1.29 is 14.4 Å². The highest BCUT2D eigenvalue weighted by atomic mass is 16.2. The van der Waals surface area contributed by atoms with E-state index in [0.29, 0.717) is 17.2 Å². The number of benzene rings is 1. The largest absolute Gasteiger partial charge is 0.295 e. The van der Waals surface area contributed by atoms with Crippen LogP contribution in [0.15, 0.2) is 24.3 Å². The van der Waals surface area contributed by atoms with Gasteiger partial charge in [-0.1, -0.05) is 6.92 Å². The van der Waals surface area contributed by atoms with Crippen molar-refractivity contribution in [1.82, 2.24) is 0 Å². The highest BCUT2D eigenvalue weighted by Gasteiger charge is 2.49. The highest BCUT2D eigenvalue weighted by molar-refractivity contribution is 6.22. The summed E-state index contributed by atoms with van der Waals surface area (Å²) in [7, 11) is 0. The van der Waals surface area contributed by atoms with Crippen LogP contribution in [-0.4, -0.2) is 17.6 Å². The fraction of sp³-hybridized carbons (Fsp3) is 0.471. The van der Waals surface area contributed by atoms with Crippen LogP contribution in [0.25, 0.3) is 0 Å². The molecule has 1 aliphatic heterocycles. The Morgan fingerprint density at radius 1 is 1.05 bits per heavy atom. The van der Waals surface area contributed by atoms with Gasteiger partial charge in [-0.25, -0.2) is 0 Å². The lowest BCUT2D eigenvalue weighted by Crippen LogP contribution is -2.30. The Balaban J connectivity index is 1.90. The molecule has 0 aromatic heterocycles. The van der Waals surface area contributed by atoms with Crippen molar-refractivity contribution in [3.8, 4) is 0 Å². The summed E-state index contributed by atoms with van der Waals surface area (Å²) in [6.45, 7) is 3.63. The molecule has 1 saturated carbocycles. The van der Waals surface area contributed by atoms with Gasteiger partial charge in [0.25, 0.3) is 0 Å². The van der Waals surface area contributed by atoms with Crippen LogP contribution in [0, 0.1) is 17.8 Å². The standard InChI is InChI=1S/C17H19NO3/c1-10-3-8-14-15(9-10)17(21)18(16(14)20)13-6-4-12(5-7-13)11(2)19/h4-7,10,14-15H,3,8-9H2,1-2H3/t10-,14+,15-/m1/s1. The lowest BCUT2D eigenvalue weighted by molar-refractivity contribution is -0.122. The quantitative estimate of drug-likeness (QED) is 0.620. The Kier molecular flexibility index (Phi) is 3.40. The maximum absolute atomic E-state index is 12.6. The maximum atomic E-state index is 12.6. The van der Waals surface area contributed by atoms with E-state index < -0.39 is 0 Å². The van der Waals surface area contributed by atoms with Gasteiger partial charge in [0.1, 0.15) is 0 Å². The molecule has 4 heteroatoms. The van der Waals surface area contributed by atoms with Gasteiger partial charge in [-0.15, -0.1) is 0 Å². The molecule has 3 atom stereocenters. The van der Waals surface area contributed by atoms with Crippen molar-refractivity contribution in [2.75, 3.05) is 4.90 Å². The minimum atomic E-state index is -0.159. The second kappa shape index (κ2) is 5.10. The van der Waals surface area contributed by atoms with E-state index in [1.807, 2.05) is 0 Å². The molecule has 1 aromatic rings. The molecule has 1 aliphatic carbocycles. The van der Waals surface area contributed by atoms with Gasteiger partial charge in [-0.05, 0) is 56.4 Å². The van der Waals surface area contributed by atoms with Gasteiger partial charge in [-0.3, -0.25) is 19.3 Å². The molecule has 1 aromatic carbocycles. The van der Waals surface area contributed by atoms with E-state index in [-0.39, 0.29) is 29.4 Å². The van der Waals surface area contributed by atoms with Crippen molar-refractivity contribution in [3.63, 3.8) is 0 Å². The second-order valence-corrected chi connectivity index (χ2v) is 6.25. The first kappa shape index (κ1) is 14.0. The van der Waals surface area contributed by atoms with Gasteiger partial charge in [0.2, 0.25) is 11.8 Å². The number of amides is 2. The number of carbonyl (C=O) groups is 3. The predicted octanol–water partition coefficient (Wildman–Crippen LogP) is 2.81. The number of carbonyl (C=O) groups excluding carboxylic acids is 3. The van der Waals surface area contributed by atoms with Gasteiger partial charge in [0.05, 0.1) is 17.5 Å². The summed E-state index contributed by atoms with van der Waals surface area (Å²) < 4.78 is 0. The van der Waals surface area contributed by atoms with Gasteiger partial charge in [-0.2, -0.15) is 0 Å². The van der Waals surface area contributed by atoms with Crippen LogP contribution in [0.1, 0.15) is 43.5 Å². The smallest absolute Gasteiger partial charge is 0.237 e. The molecular weight excluding hydrogens is 266 g/mol. The van der Waals surface area contributed by atoms with E-state index in [4.69, 9.17) is 0 Å². The van der Waals surface area contributed by atoms with Crippen LogP contribution in [-0.2, 0) is 9.59 Å². The monoisotopic (exact) mass is 285 g/mol. The van der Waals surface area contributed by atoms with Crippen molar-refractivity contribution in [1.29, 1.82) is 0 Å². The number of ketones is 1. The molecule has 2 amide bonds. The third-order valence-corrected chi connectivity index (χ3v) is 4.72. The zero-order valence-corrected chi connectivity index (χ0v) is 12.3. The SMILES string of the molecule is CC(=O)c1ccc(N2C(=O)[C@H]3CC[C@@H](C)C[C@H]3C2=O)cc1. The van der Waals surface area contributed by atoms with Gasteiger partial charge >= 0.3 is 0 Å². The first-order valence-electron chi connectivity index (χ1n) is 7.48. The number of hydrogen-bond acceptors (Lipinski definition) is 3. The summed E-state index contributed by atoms with van der Waals surface area (Å²) in [5, 5.41) is 0.